The highest BCUT2D eigenvalue weighted by molar-refractivity contribution is 7.91. The molecule has 1 atom stereocenters. The first kappa shape index (κ1) is 32.5. The lowest BCUT2D eigenvalue weighted by atomic mass is 10.1. The van der Waals surface area contributed by atoms with E-state index >= 15 is 0 Å². The number of sulfone groups is 1. The second-order valence-corrected chi connectivity index (χ2v) is 14.4. The number of rotatable bonds is 12. The summed E-state index contributed by atoms with van der Waals surface area (Å²) in [7, 11) is -1.47. The van der Waals surface area contributed by atoms with Crippen molar-refractivity contribution in [1.82, 2.24) is 19.9 Å². The van der Waals surface area contributed by atoms with Crippen LogP contribution in [0.1, 0.15) is 23.5 Å². The fourth-order valence-electron chi connectivity index (χ4n) is 4.94. The molecule has 8 nitrogen and oxygen atoms in total. The van der Waals surface area contributed by atoms with Gasteiger partial charge < -0.3 is 10.1 Å². The van der Waals surface area contributed by atoms with E-state index in [1.165, 1.54) is 29.8 Å². The van der Waals surface area contributed by atoms with Crippen LogP contribution in [0.15, 0.2) is 108 Å². The van der Waals surface area contributed by atoms with Crippen molar-refractivity contribution in [3.8, 4) is 17.0 Å². The summed E-state index contributed by atoms with van der Waals surface area (Å²) in [5.41, 5.74) is 3.88. The number of aromatic nitrogens is 3. The number of halogens is 2. The number of benzene rings is 4. The van der Waals surface area contributed by atoms with E-state index < -0.39 is 9.84 Å². The quantitative estimate of drug-likeness (QED) is 0.137. The SMILES string of the molecule is CC(c1nc(-c2ccc3ncnc(Nc4ccc(OCc5cccc(F)c5)c(Cl)c4)c3c2)cs1)N(C)CCS(=O)(=O)c1ccccc1. The van der Waals surface area contributed by atoms with Gasteiger partial charge in [-0.25, -0.2) is 27.8 Å². The van der Waals surface area contributed by atoms with Gasteiger partial charge in [-0.1, -0.05) is 48.0 Å². The number of anilines is 2. The van der Waals surface area contributed by atoms with Gasteiger partial charge in [-0.15, -0.1) is 11.3 Å². The number of ether oxygens (including phenoxy) is 1. The van der Waals surface area contributed by atoms with Crippen LogP contribution in [0.5, 0.6) is 5.75 Å². The Morgan fingerprint density at radius 3 is 2.62 bits per heavy atom. The minimum atomic E-state index is -3.38. The van der Waals surface area contributed by atoms with Crippen molar-refractivity contribution in [1.29, 1.82) is 0 Å². The number of fused-ring (bicyclic) bond motifs is 1. The van der Waals surface area contributed by atoms with E-state index in [0.29, 0.717) is 39.3 Å². The lowest BCUT2D eigenvalue weighted by Gasteiger charge is -2.22. The van der Waals surface area contributed by atoms with Crippen molar-refractivity contribution in [2.45, 2.75) is 24.5 Å². The van der Waals surface area contributed by atoms with Gasteiger partial charge in [-0.3, -0.25) is 4.90 Å². The van der Waals surface area contributed by atoms with Crippen LogP contribution in [-0.4, -0.2) is 47.6 Å². The van der Waals surface area contributed by atoms with Gasteiger partial charge in [0.25, 0.3) is 0 Å². The largest absolute Gasteiger partial charge is 0.487 e. The Kier molecular flexibility index (Phi) is 9.79. The number of nitrogens with zero attached hydrogens (tertiary/aromatic N) is 4. The summed E-state index contributed by atoms with van der Waals surface area (Å²) in [5.74, 6) is 0.781. The molecule has 6 rings (SSSR count). The molecule has 1 N–H and O–H groups in total. The Morgan fingerprint density at radius 1 is 1.00 bits per heavy atom. The standard InChI is InChI=1S/C35H31ClFN5O3S2/c1-23(42(2)15-16-47(43,44)28-9-4-3-5-10-28)35-41-32(21-46-35)25-11-13-31-29(18-25)34(39-22-38-31)40-27-12-14-33(30(36)19-27)45-20-24-7-6-8-26(37)17-24/h3-14,17-19,21-23H,15-16,20H2,1-2H3,(H,38,39,40). The number of hydrogen-bond donors (Lipinski definition) is 1. The highest BCUT2D eigenvalue weighted by Gasteiger charge is 2.20. The van der Waals surface area contributed by atoms with E-state index in [9.17, 15) is 12.8 Å². The Morgan fingerprint density at radius 2 is 1.83 bits per heavy atom. The zero-order chi connectivity index (χ0) is 33.0. The average Bonchev–Trinajstić information content (AvgIpc) is 3.57. The smallest absolute Gasteiger partial charge is 0.179 e. The Bertz CT molecular complexity index is 2130. The fraction of sp³-hybridized carbons (Fsp3) is 0.171. The monoisotopic (exact) mass is 687 g/mol. The molecule has 0 amide bonds. The van der Waals surface area contributed by atoms with Gasteiger partial charge in [0.1, 0.15) is 35.3 Å². The first-order chi connectivity index (χ1) is 22.7. The molecule has 240 valence electrons. The summed E-state index contributed by atoms with van der Waals surface area (Å²) < 4.78 is 44.9. The van der Waals surface area contributed by atoms with Crippen molar-refractivity contribution in [3.63, 3.8) is 0 Å². The van der Waals surface area contributed by atoms with E-state index in [1.807, 2.05) is 48.5 Å². The van der Waals surface area contributed by atoms with Gasteiger partial charge in [0.2, 0.25) is 0 Å². The van der Waals surface area contributed by atoms with Gasteiger partial charge in [-0.2, -0.15) is 0 Å². The van der Waals surface area contributed by atoms with Crippen LogP contribution in [0.3, 0.4) is 0 Å². The maximum atomic E-state index is 13.5. The zero-order valence-electron chi connectivity index (χ0n) is 25.6. The van der Waals surface area contributed by atoms with Crippen LogP contribution in [0.25, 0.3) is 22.2 Å². The predicted octanol–water partition coefficient (Wildman–Crippen LogP) is 8.34. The molecule has 0 aliphatic carbocycles. The molecular weight excluding hydrogens is 657 g/mol. The Balaban J connectivity index is 1.15. The topological polar surface area (TPSA) is 97.3 Å². The molecule has 47 heavy (non-hydrogen) atoms. The maximum Gasteiger partial charge on any atom is 0.179 e. The first-order valence-corrected chi connectivity index (χ1v) is 17.7. The van der Waals surface area contributed by atoms with Gasteiger partial charge >= 0.3 is 0 Å². The second kappa shape index (κ2) is 14.1. The number of nitrogens with one attached hydrogen (secondary N) is 1. The van der Waals surface area contributed by atoms with Crippen molar-refractivity contribution in [2.75, 3.05) is 24.7 Å². The van der Waals surface area contributed by atoms with Gasteiger partial charge in [0, 0.05) is 28.6 Å². The lowest BCUT2D eigenvalue weighted by molar-refractivity contribution is 0.276. The summed E-state index contributed by atoms with van der Waals surface area (Å²) in [4.78, 5) is 16.2. The molecule has 0 radical (unpaired) electrons. The van der Waals surface area contributed by atoms with Crippen molar-refractivity contribution in [3.05, 3.63) is 124 Å². The fourth-order valence-corrected chi connectivity index (χ4v) is 7.46. The van der Waals surface area contributed by atoms with E-state index in [1.54, 1.807) is 54.6 Å². The third-order valence-electron chi connectivity index (χ3n) is 7.76. The van der Waals surface area contributed by atoms with Crippen LogP contribution in [-0.2, 0) is 16.4 Å². The molecule has 0 bridgehead atoms. The summed E-state index contributed by atoms with van der Waals surface area (Å²) >= 11 is 8.06. The van der Waals surface area contributed by atoms with E-state index in [4.69, 9.17) is 21.3 Å². The summed E-state index contributed by atoms with van der Waals surface area (Å²) in [5, 5.41) is 7.43. The third kappa shape index (κ3) is 7.77. The molecular formula is C35H31ClFN5O3S2. The number of hydrogen-bond acceptors (Lipinski definition) is 9. The lowest BCUT2D eigenvalue weighted by Crippen LogP contribution is -2.28. The predicted molar refractivity (Wildman–Crippen MR) is 186 cm³/mol. The molecule has 6 aromatic rings. The van der Waals surface area contributed by atoms with Crippen LogP contribution in [0.4, 0.5) is 15.9 Å². The maximum absolute atomic E-state index is 13.5. The molecule has 0 fully saturated rings. The van der Waals surface area contributed by atoms with E-state index in [0.717, 1.165) is 27.2 Å². The average molecular weight is 688 g/mol. The Labute approximate surface area is 281 Å². The van der Waals surface area contributed by atoms with Gasteiger partial charge in [-0.05, 0) is 74.1 Å². The van der Waals surface area contributed by atoms with E-state index in [2.05, 4.69) is 15.3 Å². The zero-order valence-corrected chi connectivity index (χ0v) is 28.0. The summed E-state index contributed by atoms with van der Waals surface area (Å²) in [6.07, 6.45) is 1.50. The molecule has 2 heterocycles. The Hall–Kier alpha value is -4.42. The third-order valence-corrected chi connectivity index (χ3v) is 10.8. The molecule has 0 saturated carbocycles. The molecule has 0 aliphatic rings. The molecule has 1 unspecified atom stereocenters. The second-order valence-electron chi connectivity index (χ2n) is 11.0. The van der Waals surface area contributed by atoms with Crippen LogP contribution in [0, 0.1) is 5.82 Å². The number of thiazole rings is 1. The van der Waals surface area contributed by atoms with Crippen molar-refractivity contribution >= 4 is 55.2 Å². The van der Waals surface area contributed by atoms with Crippen molar-refractivity contribution in [2.24, 2.45) is 0 Å². The van der Waals surface area contributed by atoms with Crippen LogP contribution >= 0.6 is 22.9 Å². The highest BCUT2D eigenvalue weighted by atomic mass is 35.5. The van der Waals surface area contributed by atoms with E-state index in [-0.39, 0.29) is 24.2 Å². The van der Waals surface area contributed by atoms with Crippen molar-refractivity contribution < 1.29 is 17.5 Å². The first-order valence-electron chi connectivity index (χ1n) is 14.8. The van der Waals surface area contributed by atoms with Crippen LogP contribution in [0.2, 0.25) is 5.02 Å². The van der Waals surface area contributed by atoms with Gasteiger partial charge in [0.15, 0.2) is 9.84 Å². The normalized spacial score (nSPS) is 12.4. The minimum Gasteiger partial charge on any atom is -0.487 e. The minimum absolute atomic E-state index is 0.0203. The molecule has 0 spiro atoms. The molecule has 0 aliphatic heterocycles. The summed E-state index contributed by atoms with van der Waals surface area (Å²) in [6, 6.07) is 25.9. The molecule has 4 aromatic carbocycles. The van der Waals surface area contributed by atoms with Gasteiger partial charge in [0.05, 0.1) is 32.9 Å². The highest BCUT2D eigenvalue weighted by Crippen LogP contribution is 2.34. The molecule has 2 aromatic heterocycles. The van der Waals surface area contributed by atoms with Crippen LogP contribution < -0.4 is 10.1 Å². The molecule has 12 heteroatoms. The summed E-state index contributed by atoms with van der Waals surface area (Å²) in [6.45, 7) is 2.59. The molecule has 0 saturated heterocycles.